The number of aliphatic hydroxyl groups excluding tert-OH is 1. The van der Waals surface area contributed by atoms with E-state index in [4.69, 9.17) is 5.73 Å². The molecule has 0 amide bonds. The number of carbonyl (C=O) groups is 1. The van der Waals surface area contributed by atoms with Crippen LogP contribution in [0.25, 0.3) is 0 Å². The molecule has 0 aliphatic carbocycles. The number of Topliss-reactive ketones (excluding diaryl/α,β-unsaturated/α-hetero) is 1. The van der Waals surface area contributed by atoms with Gasteiger partial charge in [-0.25, -0.2) is 0 Å². The summed E-state index contributed by atoms with van der Waals surface area (Å²) < 4.78 is 0. The van der Waals surface area contributed by atoms with Crippen LogP contribution in [0.15, 0.2) is 23.8 Å². The molecule has 1 aromatic rings. The minimum atomic E-state index is -0.252. The van der Waals surface area contributed by atoms with Crippen LogP contribution in [0.3, 0.4) is 0 Å². The van der Waals surface area contributed by atoms with Gasteiger partial charge < -0.3 is 20.6 Å². The third-order valence-corrected chi connectivity index (χ3v) is 3.40. The molecule has 1 aromatic heterocycles. The normalized spacial score (nSPS) is 13.2. The van der Waals surface area contributed by atoms with E-state index >= 15 is 0 Å². The molecule has 0 fully saturated rings. The Kier molecular flexibility index (Phi) is 6.65. The second kappa shape index (κ2) is 8.23. The quantitative estimate of drug-likeness (QED) is 0.430. The Hall–Kier alpha value is -2.48. The fourth-order valence-electron chi connectivity index (χ4n) is 1.89. The zero-order valence-electron chi connectivity index (χ0n) is 14.2. The van der Waals surface area contributed by atoms with E-state index in [0.29, 0.717) is 11.5 Å². The highest BCUT2D eigenvalue weighted by Gasteiger charge is 2.21. The first-order valence-electron chi connectivity index (χ1n) is 7.22. The van der Waals surface area contributed by atoms with Gasteiger partial charge in [0.25, 0.3) is 0 Å². The molecule has 3 N–H and O–H groups in total. The lowest BCUT2D eigenvalue weighted by Gasteiger charge is -2.27. The van der Waals surface area contributed by atoms with E-state index in [9.17, 15) is 9.90 Å². The second-order valence-electron chi connectivity index (χ2n) is 5.12. The van der Waals surface area contributed by atoms with Gasteiger partial charge in [0, 0.05) is 19.7 Å². The molecule has 8 heteroatoms. The number of anilines is 3. The molecule has 1 unspecified atom stereocenters. The largest absolute Gasteiger partial charge is 0.376 e. The molecule has 23 heavy (non-hydrogen) atoms. The van der Waals surface area contributed by atoms with Crippen LogP contribution < -0.4 is 15.5 Å². The molecular weight excluding hydrogens is 296 g/mol. The standard InChI is InChI=1S/C15H24N6O2/c1-6-7-8-12(11(3)23)10(2)21(5)15-18-13(16)17-14(19-15)20(4)9-22/h6-8,10,22H,9H2,1-5H3,(H2,16,17,18,19)/b7-6?,12-8-. The molecule has 0 aromatic carbocycles. The van der Waals surface area contributed by atoms with E-state index in [-0.39, 0.29) is 30.5 Å². The van der Waals surface area contributed by atoms with Crippen molar-refractivity contribution in [2.45, 2.75) is 26.8 Å². The fraction of sp³-hybridized carbons (Fsp3) is 0.467. The van der Waals surface area contributed by atoms with E-state index in [0.717, 1.165) is 0 Å². The summed E-state index contributed by atoms with van der Waals surface area (Å²) >= 11 is 0. The number of nitrogens with two attached hydrogens (primary N) is 1. The Morgan fingerprint density at radius 2 is 1.91 bits per heavy atom. The zero-order valence-corrected chi connectivity index (χ0v) is 14.2. The van der Waals surface area contributed by atoms with Gasteiger partial charge in [-0.15, -0.1) is 0 Å². The van der Waals surface area contributed by atoms with Crippen molar-refractivity contribution in [3.63, 3.8) is 0 Å². The highest BCUT2D eigenvalue weighted by molar-refractivity contribution is 5.95. The van der Waals surface area contributed by atoms with E-state index in [1.165, 1.54) is 11.8 Å². The van der Waals surface area contributed by atoms with Gasteiger partial charge in [-0.1, -0.05) is 18.2 Å². The Morgan fingerprint density at radius 1 is 1.30 bits per heavy atom. The van der Waals surface area contributed by atoms with Crippen LogP contribution in [-0.2, 0) is 4.79 Å². The van der Waals surface area contributed by atoms with Crippen molar-refractivity contribution in [2.75, 3.05) is 36.4 Å². The number of likely N-dealkylation sites (N-methyl/N-ethyl adjacent to an activating group) is 1. The Bertz CT molecular complexity index is 614. The topological polar surface area (TPSA) is 108 Å². The highest BCUT2D eigenvalue weighted by Crippen LogP contribution is 2.19. The maximum Gasteiger partial charge on any atom is 0.233 e. The molecule has 0 aliphatic heterocycles. The van der Waals surface area contributed by atoms with Crippen LogP contribution >= 0.6 is 0 Å². The molecule has 0 spiro atoms. The van der Waals surface area contributed by atoms with Crippen LogP contribution in [0.5, 0.6) is 0 Å². The van der Waals surface area contributed by atoms with Gasteiger partial charge in [-0.05, 0) is 20.8 Å². The van der Waals surface area contributed by atoms with Crippen LogP contribution in [0.2, 0.25) is 0 Å². The van der Waals surface area contributed by atoms with Gasteiger partial charge in [0.2, 0.25) is 17.8 Å². The van der Waals surface area contributed by atoms with Gasteiger partial charge in [0.05, 0.1) is 6.04 Å². The number of carbonyl (C=O) groups excluding carboxylic acids is 1. The third kappa shape index (κ3) is 4.75. The van der Waals surface area contributed by atoms with Crippen molar-refractivity contribution in [1.82, 2.24) is 15.0 Å². The lowest BCUT2D eigenvalue weighted by Crippen LogP contribution is -2.35. The van der Waals surface area contributed by atoms with Crippen molar-refractivity contribution < 1.29 is 9.90 Å². The monoisotopic (exact) mass is 320 g/mol. The molecule has 0 radical (unpaired) electrons. The van der Waals surface area contributed by atoms with Gasteiger partial charge >= 0.3 is 0 Å². The smallest absolute Gasteiger partial charge is 0.233 e. The summed E-state index contributed by atoms with van der Waals surface area (Å²) in [6.45, 7) is 5.03. The van der Waals surface area contributed by atoms with Crippen molar-refractivity contribution >= 4 is 23.6 Å². The number of nitrogens with zero attached hydrogens (tertiary/aromatic N) is 5. The zero-order chi connectivity index (χ0) is 17.6. The van der Waals surface area contributed by atoms with E-state index in [2.05, 4.69) is 15.0 Å². The van der Waals surface area contributed by atoms with E-state index in [1.54, 1.807) is 25.1 Å². The molecular formula is C15H24N6O2. The first-order valence-corrected chi connectivity index (χ1v) is 7.22. The second-order valence-corrected chi connectivity index (χ2v) is 5.12. The Morgan fingerprint density at radius 3 is 2.43 bits per heavy atom. The molecule has 0 saturated carbocycles. The maximum absolute atomic E-state index is 11.9. The molecule has 1 rings (SSSR count). The number of nitrogen functional groups attached to an aromatic ring is 1. The van der Waals surface area contributed by atoms with Crippen molar-refractivity contribution in [1.29, 1.82) is 0 Å². The van der Waals surface area contributed by atoms with Crippen LogP contribution in [0.4, 0.5) is 17.8 Å². The lowest BCUT2D eigenvalue weighted by atomic mass is 10.0. The molecule has 1 atom stereocenters. The fourth-order valence-corrected chi connectivity index (χ4v) is 1.89. The van der Waals surface area contributed by atoms with E-state index in [1.807, 2.05) is 26.0 Å². The molecule has 0 saturated heterocycles. The number of hydrogen-bond donors (Lipinski definition) is 2. The van der Waals surface area contributed by atoms with Crippen molar-refractivity contribution in [3.8, 4) is 0 Å². The first-order chi connectivity index (χ1) is 10.8. The van der Waals surface area contributed by atoms with Crippen LogP contribution in [-0.4, -0.2) is 52.7 Å². The minimum absolute atomic E-state index is 0.0304. The number of rotatable bonds is 7. The third-order valence-electron chi connectivity index (χ3n) is 3.40. The van der Waals surface area contributed by atoms with Crippen molar-refractivity contribution in [2.24, 2.45) is 0 Å². The summed E-state index contributed by atoms with van der Waals surface area (Å²) in [5, 5.41) is 9.19. The summed E-state index contributed by atoms with van der Waals surface area (Å²) in [5.74, 6) is 0.604. The summed E-state index contributed by atoms with van der Waals surface area (Å²) in [6, 6.07) is -0.252. The summed E-state index contributed by atoms with van der Waals surface area (Å²) in [5.41, 5.74) is 6.34. The minimum Gasteiger partial charge on any atom is -0.376 e. The highest BCUT2D eigenvalue weighted by atomic mass is 16.3. The molecule has 0 aliphatic rings. The number of aromatic nitrogens is 3. The molecule has 1 heterocycles. The molecule has 8 nitrogen and oxygen atoms in total. The van der Waals surface area contributed by atoms with Crippen molar-refractivity contribution in [3.05, 3.63) is 23.8 Å². The average Bonchev–Trinajstić information content (AvgIpc) is 2.52. The van der Waals surface area contributed by atoms with Crippen LogP contribution in [0.1, 0.15) is 20.8 Å². The first kappa shape index (κ1) is 18.6. The number of allylic oxidation sites excluding steroid dienone is 3. The number of aliphatic hydroxyl groups is 1. The number of ketones is 1. The van der Waals surface area contributed by atoms with Gasteiger partial charge in [0.15, 0.2) is 5.78 Å². The predicted molar refractivity (Wildman–Crippen MR) is 91.2 cm³/mol. The summed E-state index contributed by atoms with van der Waals surface area (Å²) in [6.07, 6.45) is 5.44. The molecule has 0 bridgehead atoms. The SMILES string of the molecule is CC=C/C=C(\C(C)=O)C(C)N(C)c1nc(N)nc(N(C)CO)n1. The van der Waals surface area contributed by atoms with Crippen LogP contribution in [0, 0.1) is 0 Å². The maximum atomic E-state index is 11.9. The molecule has 126 valence electrons. The van der Waals surface area contributed by atoms with Gasteiger partial charge in [0.1, 0.15) is 6.73 Å². The van der Waals surface area contributed by atoms with Gasteiger partial charge in [-0.3, -0.25) is 4.79 Å². The Labute approximate surface area is 136 Å². The number of hydrogen-bond acceptors (Lipinski definition) is 8. The Balaban J connectivity index is 3.19. The van der Waals surface area contributed by atoms with Gasteiger partial charge in [-0.2, -0.15) is 15.0 Å². The van der Waals surface area contributed by atoms with E-state index < -0.39 is 0 Å². The average molecular weight is 320 g/mol. The predicted octanol–water partition coefficient (Wildman–Crippen LogP) is 0.756. The lowest BCUT2D eigenvalue weighted by molar-refractivity contribution is -0.113. The summed E-state index contributed by atoms with van der Waals surface area (Å²) in [7, 11) is 3.41. The summed E-state index contributed by atoms with van der Waals surface area (Å²) in [4.78, 5) is 27.4.